The Morgan fingerprint density at radius 2 is 1.40 bits per heavy atom. The molecular formula is C3H5F3O3Y. The van der Waals surface area contributed by atoms with Gasteiger partial charge in [-0.1, -0.05) is 0 Å². The Kier molecular flexibility index (Phi) is 12.4. The van der Waals surface area contributed by atoms with Crippen molar-refractivity contribution in [3.8, 4) is 0 Å². The van der Waals surface area contributed by atoms with Crippen molar-refractivity contribution in [1.29, 1.82) is 0 Å². The van der Waals surface area contributed by atoms with E-state index in [1.807, 2.05) is 0 Å². The van der Waals surface area contributed by atoms with E-state index in [0.29, 0.717) is 0 Å². The first-order valence-electron chi connectivity index (χ1n) is 1.69. The average Bonchev–Trinajstić information content (AvgIpc) is 1.69. The van der Waals surface area contributed by atoms with Crippen molar-refractivity contribution >= 4 is 5.97 Å². The van der Waals surface area contributed by atoms with Crippen LogP contribution in [-0.4, -0.2) is 29.5 Å². The number of hydrogen-bond donors (Lipinski definition) is 2. The molecule has 10 heavy (non-hydrogen) atoms. The van der Waals surface area contributed by atoms with Crippen molar-refractivity contribution in [2.45, 2.75) is 6.18 Å². The molecule has 0 unspecified atom stereocenters. The minimum atomic E-state index is -5.08. The van der Waals surface area contributed by atoms with Crippen LogP contribution in [0.4, 0.5) is 13.2 Å². The summed E-state index contributed by atoms with van der Waals surface area (Å²) in [6.45, 7) is 0. The molecule has 0 rings (SSSR count). The molecule has 0 fully saturated rings. The summed E-state index contributed by atoms with van der Waals surface area (Å²) in [5.74, 6) is -2.76. The Balaban J connectivity index is -0.000000149. The van der Waals surface area contributed by atoms with Gasteiger partial charge in [-0.2, -0.15) is 13.2 Å². The van der Waals surface area contributed by atoms with Gasteiger partial charge in [-0.25, -0.2) is 4.79 Å². The minimum absolute atomic E-state index is 0. The standard InChI is InChI=1S/C2HF3O2.CH4O.Y/c3-2(4,5)1(6)7;1-2;/h(H,6,7);2H,1H3;. The van der Waals surface area contributed by atoms with E-state index >= 15 is 0 Å². The number of carboxylic acids is 1. The average molecular weight is 235 g/mol. The molecular weight excluding hydrogens is 230 g/mol. The van der Waals surface area contributed by atoms with Crippen LogP contribution in [0, 0.1) is 0 Å². The molecule has 0 atom stereocenters. The molecule has 0 aliphatic rings. The summed E-state index contributed by atoms with van der Waals surface area (Å²) in [5, 5.41) is 14.1. The molecule has 0 aliphatic carbocycles. The second-order valence-corrected chi connectivity index (χ2v) is 0.803. The summed E-state index contributed by atoms with van der Waals surface area (Å²) in [5.41, 5.74) is 0. The number of alkyl halides is 3. The zero-order valence-corrected chi connectivity index (χ0v) is 7.85. The van der Waals surface area contributed by atoms with Crippen molar-refractivity contribution in [2.75, 3.05) is 7.11 Å². The van der Waals surface area contributed by atoms with Gasteiger partial charge in [0.2, 0.25) is 0 Å². The summed E-state index contributed by atoms with van der Waals surface area (Å²) in [6, 6.07) is 0. The van der Waals surface area contributed by atoms with Crippen molar-refractivity contribution in [2.24, 2.45) is 0 Å². The summed E-state index contributed by atoms with van der Waals surface area (Å²) >= 11 is 0. The molecule has 2 N–H and O–H groups in total. The maximum Gasteiger partial charge on any atom is 0.490 e. The van der Waals surface area contributed by atoms with E-state index in [2.05, 4.69) is 0 Å². The van der Waals surface area contributed by atoms with E-state index in [9.17, 15) is 13.2 Å². The summed E-state index contributed by atoms with van der Waals surface area (Å²) in [7, 11) is 1.00. The van der Waals surface area contributed by atoms with Crippen LogP contribution in [0.1, 0.15) is 0 Å². The molecule has 0 saturated carbocycles. The van der Waals surface area contributed by atoms with E-state index < -0.39 is 12.1 Å². The Morgan fingerprint density at radius 1 is 1.30 bits per heavy atom. The Morgan fingerprint density at radius 3 is 1.40 bits per heavy atom. The SMILES string of the molecule is CO.O=C(O)C(F)(F)F.[Y]. The van der Waals surface area contributed by atoms with Gasteiger partial charge in [-0.3, -0.25) is 0 Å². The quantitative estimate of drug-likeness (QED) is 0.632. The number of hydrogen-bond acceptors (Lipinski definition) is 2. The first-order valence-corrected chi connectivity index (χ1v) is 1.69. The smallest absolute Gasteiger partial charge is 0.475 e. The molecule has 0 aromatic carbocycles. The molecule has 0 saturated heterocycles. The fraction of sp³-hybridized carbons (Fsp3) is 0.667. The molecule has 7 heteroatoms. The van der Waals surface area contributed by atoms with E-state index in [0.717, 1.165) is 7.11 Å². The molecule has 1 radical (unpaired) electrons. The van der Waals surface area contributed by atoms with E-state index in [4.69, 9.17) is 15.0 Å². The predicted octanol–water partition coefficient (Wildman–Crippen LogP) is 0.239. The second kappa shape index (κ2) is 7.43. The van der Waals surface area contributed by atoms with Crippen LogP contribution in [-0.2, 0) is 37.5 Å². The van der Waals surface area contributed by atoms with E-state index in [1.54, 1.807) is 0 Å². The fourth-order valence-corrected chi connectivity index (χ4v) is 0. The zero-order chi connectivity index (χ0) is 8.08. The Bertz CT molecular complexity index is 91.5. The Hall–Kier alpha value is 0.324. The maximum absolute atomic E-state index is 10.6. The van der Waals surface area contributed by atoms with E-state index in [-0.39, 0.29) is 32.7 Å². The summed E-state index contributed by atoms with van der Waals surface area (Å²) in [6.07, 6.45) is -5.08. The first-order chi connectivity index (χ1) is 3.94. The molecule has 0 amide bonds. The first kappa shape index (κ1) is 16.7. The molecule has 59 valence electrons. The number of aliphatic hydroxyl groups excluding tert-OH is 1. The normalized spacial score (nSPS) is 8.50. The van der Waals surface area contributed by atoms with Crippen LogP contribution < -0.4 is 0 Å². The van der Waals surface area contributed by atoms with Crippen LogP contribution in [0.15, 0.2) is 0 Å². The summed E-state index contributed by atoms with van der Waals surface area (Å²) < 4.78 is 31.7. The third-order valence-electron chi connectivity index (χ3n) is 0.243. The third kappa shape index (κ3) is 11.2. The van der Waals surface area contributed by atoms with Gasteiger partial charge in [-0.05, 0) is 0 Å². The monoisotopic (exact) mass is 235 g/mol. The predicted molar refractivity (Wildman–Crippen MR) is 21.8 cm³/mol. The molecule has 0 aliphatic heterocycles. The van der Waals surface area contributed by atoms with Crippen molar-refractivity contribution < 1.29 is 60.9 Å². The van der Waals surface area contributed by atoms with Gasteiger partial charge in [0.25, 0.3) is 0 Å². The minimum Gasteiger partial charge on any atom is -0.475 e. The molecule has 3 nitrogen and oxygen atoms in total. The van der Waals surface area contributed by atoms with Crippen LogP contribution in [0.3, 0.4) is 0 Å². The van der Waals surface area contributed by atoms with Crippen molar-refractivity contribution in [1.82, 2.24) is 0 Å². The fourth-order valence-electron chi connectivity index (χ4n) is 0. The van der Waals surface area contributed by atoms with Gasteiger partial charge in [0.05, 0.1) is 0 Å². The number of aliphatic hydroxyl groups is 1. The molecule has 0 bridgehead atoms. The number of rotatable bonds is 0. The number of carbonyl (C=O) groups is 1. The van der Waals surface area contributed by atoms with Gasteiger partial charge in [0.15, 0.2) is 0 Å². The molecule has 0 heterocycles. The van der Waals surface area contributed by atoms with Gasteiger partial charge in [0.1, 0.15) is 0 Å². The number of aliphatic carboxylic acids is 1. The van der Waals surface area contributed by atoms with Crippen LogP contribution >= 0.6 is 0 Å². The van der Waals surface area contributed by atoms with Gasteiger partial charge >= 0.3 is 12.1 Å². The molecule has 0 aromatic heterocycles. The third-order valence-corrected chi connectivity index (χ3v) is 0.243. The summed E-state index contributed by atoms with van der Waals surface area (Å²) in [4.78, 5) is 8.90. The van der Waals surface area contributed by atoms with Crippen molar-refractivity contribution in [3.63, 3.8) is 0 Å². The van der Waals surface area contributed by atoms with Crippen LogP contribution in [0.25, 0.3) is 0 Å². The van der Waals surface area contributed by atoms with Gasteiger partial charge in [-0.15, -0.1) is 0 Å². The Labute approximate surface area is 80.1 Å². The second-order valence-electron chi connectivity index (χ2n) is 0.803. The molecule has 0 aromatic rings. The van der Waals surface area contributed by atoms with E-state index in [1.165, 1.54) is 0 Å². The maximum atomic E-state index is 10.6. The largest absolute Gasteiger partial charge is 0.490 e. The zero-order valence-electron chi connectivity index (χ0n) is 5.01. The van der Waals surface area contributed by atoms with Crippen LogP contribution in [0.5, 0.6) is 0 Å². The topological polar surface area (TPSA) is 57.5 Å². The number of halogens is 3. The van der Waals surface area contributed by atoms with Gasteiger partial charge < -0.3 is 10.2 Å². The van der Waals surface area contributed by atoms with Gasteiger partial charge in [0, 0.05) is 39.8 Å². The molecule has 0 spiro atoms. The van der Waals surface area contributed by atoms with Crippen molar-refractivity contribution in [3.05, 3.63) is 0 Å². The van der Waals surface area contributed by atoms with Crippen LogP contribution in [0.2, 0.25) is 0 Å². The number of carboxylic acid groups (broad SMARTS) is 1.